The molecule has 1 N–H and O–H groups in total. The summed E-state index contributed by atoms with van der Waals surface area (Å²) in [7, 11) is 0. The van der Waals surface area contributed by atoms with E-state index in [9.17, 15) is 4.39 Å². The molecule has 5 heterocycles. The maximum absolute atomic E-state index is 14.9. The Balaban J connectivity index is 1.39. The van der Waals surface area contributed by atoms with Gasteiger partial charge in [0.1, 0.15) is 11.5 Å². The van der Waals surface area contributed by atoms with Gasteiger partial charge in [-0.15, -0.1) is 11.3 Å². The molecule has 0 saturated carbocycles. The zero-order chi connectivity index (χ0) is 24.5. The first-order valence-electron chi connectivity index (χ1n) is 12.1. The Kier molecular flexibility index (Phi) is 6.62. The van der Waals surface area contributed by atoms with Crippen molar-refractivity contribution in [1.82, 2.24) is 24.8 Å². The van der Waals surface area contributed by atoms with Crippen molar-refractivity contribution in [3.8, 4) is 10.6 Å². The number of piperazine rings is 1. The van der Waals surface area contributed by atoms with Gasteiger partial charge in [-0.25, -0.2) is 19.3 Å². The Morgan fingerprint density at radius 2 is 1.86 bits per heavy atom. The number of thiophene rings is 1. The number of pyridine rings is 2. The van der Waals surface area contributed by atoms with E-state index in [1.165, 1.54) is 23.1 Å². The first kappa shape index (κ1) is 23.6. The summed E-state index contributed by atoms with van der Waals surface area (Å²) in [5.41, 5.74) is 4.43. The van der Waals surface area contributed by atoms with Crippen molar-refractivity contribution < 1.29 is 4.39 Å². The van der Waals surface area contributed by atoms with Crippen LogP contribution >= 0.6 is 11.3 Å². The molecule has 5 rings (SSSR count). The molecule has 4 aromatic heterocycles. The van der Waals surface area contributed by atoms with Gasteiger partial charge in [0.05, 0.1) is 33.2 Å². The van der Waals surface area contributed by atoms with Crippen molar-refractivity contribution in [3.05, 3.63) is 53.7 Å². The molecule has 9 heteroatoms. The van der Waals surface area contributed by atoms with Crippen LogP contribution in [-0.4, -0.2) is 57.6 Å². The van der Waals surface area contributed by atoms with Gasteiger partial charge in [-0.1, -0.05) is 20.8 Å². The van der Waals surface area contributed by atoms with E-state index in [1.54, 1.807) is 0 Å². The van der Waals surface area contributed by atoms with Crippen LogP contribution in [0.5, 0.6) is 0 Å². The molecule has 35 heavy (non-hydrogen) atoms. The fraction of sp³-hybridized carbons (Fsp3) is 0.385. The van der Waals surface area contributed by atoms with Crippen molar-refractivity contribution in [3.63, 3.8) is 0 Å². The van der Waals surface area contributed by atoms with Gasteiger partial charge in [-0.3, -0.25) is 4.98 Å². The van der Waals surface area contributed by atoms with Crippen LogP contribution in [0, 0.1) is 12.7 Å². The number of nitrogens with one attached hydrogen (secondary N) is 1. The van der Waals surface area contributed by atoms with E-state index in [2.05, 4.69) is 61.9 Å². The number of likely N-dealkylation sites (N-methyl/N-ethyl adjacent to an activating group) is 1. The standard InChI is InChI=1S/C26H30FN7S/c1-5-33-10-12-34(13-11-33)18-6-7-21(29-14-18)31-26-30-15-20(27)23(32-26)24-17(4)22-25(35-24)19(16(2)3)8-9-28-22/h6-9,14-16H,5,10-13H2,1-4H3,(H,29,30,31,32). The SMILES string of the molecule is CCN1CCN(c2ccc(Nc3ncc(F)c(-c4sc5c(C(C)C)ccnc5c4C)n3)nc2)CC1. The number of rotatable bonds is 6. The van der Waals surface area contributed by atoms with E-state index in [4.69, 9.17) is 0 Å². The number of aromatic nitrogens is 4. The molecule has 7 nitrogen and oxygen atoms in total. The highest BCUT2D eigenvalue weighted by molar-refractivity contribution is 7.22. The lowest BCUT2D eigenvalue weighted by Crippen LogP contribution is -2.46. The molecule has 182 valence electrons. The van der Waals surface area contributed by atoms with Crippen LogP contribution in [0.2, 0.25) is 0 Å². The first-order valence-corrected chi connectivity index (χ1v) is 12.9. The average molecular weight is 492 g/mol. The maximum Gasteiger partial charge on any atom is 0.229 e. The highest BCUT2D eigenvalue weighted by Gasteiger charge is 2.20. The third kappa shape index (κ3) is 4.70. The summed E-state index contributed by atoms with van der Waals surface area (Å²) < 4.78 is 16.0. The molecule has 1 saturated heterocycles. The Morgan fingerprint density at radius 3 is 2.54 bits per heavy atom. The second-order valence-corrected chi connectivity index (χ2v) is 10.1. The Hall–Kier alpha value is -3.17. The fourth-order valence-corrected chi connectivity index (χ4v) is 5.89. The second kappa shape index (κ2) is 9.83. The molecule has 0 spiro atoms. The normalized spacial score (nSPS) is 14.7. The van der Waals surface area contributed by atoms with Crippen LogP contribution in [0.25, 0.3) is 20.8 Å². The Bertz CT molecular complexity index is 1330. The van der Waals surface area contributed by atoms with Crippen LogP contribution < -0.4 is 10.2 Å². The van der Waals surface area contributed by atoms with E-state index in [-0.39, 0.29) is 5.69 Å². The zero-order valence-corrected chi connectivity index (χ0v) is 21.4. The molecule has 0 aromatic carbocycles. The van der Waals surface area contributed by atoms with Gasteiger partial charge in [0, 0.05) is 32.4 Å². The summed E-state index contributed by atoms with van der Waals surface area (Å²) in [4.78, 5) is 23.4. The number of anilines is 3. The van der Waals surface area contributed by atoms with E-state index < -0.39 is 5.82 Å². The average Bonchev–Trinajstić information content (AvgIpc) is 3.22. The van der Waals surface area contributed by atoms with Gasteiger partial charge in [0.25, 0.3) is 0 Å². The zero-order valence-electron chi connectivity index (χ0n) is 20.5. The smallest absolute Gasteiger partial charge is 0.229 e. The number of halogens is 1. The summed E-state index contributed by atoms with van der Waals surface area (Å²) in [6.07, 6.45) is 4.90. The lowest BCUT2D eigenvalue weighted by Gasteiger charge is -2.35. The predicted octanol–water partition coefficient (Wildman–Crippen LogP) is 5.60. The second-order valence-electron chi connectivity index (χ2n) is 9.13. The minimum atomic E-state index is -0.453. The van der Waals surface area contributed by atoms with Crippen molar-refractivity contribution in [2.45, 2.75) is 33.6 Å². The predicted molar refractivity (Wildman–Crippen MR) is 141 cm³/mol. The monoisotopic (exact) mass is 491 g/mol. The van der Waals surface area contributed by atoms with Crippen LogP contribution in [0.3, 0.4) is 0 Å². The number of aryl methyl sites for hydroxylation is 1. The molecule has 0 aliphatic carbocycles. The van der Waals surface area contributed by atoms with Crippen LogP contribution in [0.1, 0.15) is 37.8 Å². The number of nitrogens with zero attached hydrogens (tertiary/aromatic N) is 6. The van der Waals surface area contributed by atoms with Crippen LogP contribution in [-0.2, 0) is 0 Å². The minimum absolute atomic E-state index is 0.281. The van der Waals surface area contributed by atoms with E-state index in [0.717, 1.165) is 59.1 Å². The molecule has 0 bridgehead atoms. The quantitative estimate of drug-likeness (QED) is 0.376. The Labute approximate surface area is 209 Å². The molecule has 4 aromatic rings. The van der Waals surface area contributed by atoms with Gasteiger partial charge < -0.3 is 15.1 Å². The molecule has 0 unspecified atom stereocenters. The lowest BCUT2D eigenvalue weighted by molar-refractivity contribution is 0.271. The fourth-order valence-electron chi connectivity index (χ4n) is 4.47. The van der Waals surface area contributed by atoms with Gasteiger partial charge in [0.15, 0.2) is 5.82 Å². The summed E-state index contributed by atoms with van der Waals surface area (Å²) >= 11 is 1.54. The molecule has 0 radical (unpaired) electrons. The number of hydrogen-bond donors (Lipinski definition) is 1. The number of fused-ring (bicyclic) bond motifs is 1. The summed E-state index contributed by atoms with van der Waals surface area (Å²) in [5, 5.41) is 3.13. The molecular weight excluding hydrogens is 461 g/mol. The molecule has 0 atom stereocenters. The third-order valence-electron chi connectivity index (χ3n) is 6.59. The van der Waals surface area contributed by atoms with Crippen LogP contribution in [0.4, 0.5) is 21.8 Å². The topological polar surface area (TPSA) is 70.1 Å². The van der Waals surface area contributed by atoms with Gasteiger partial charge in [0.2, 0.25) is 5.95 Å². The van der Waals surface area contributed by atoms with Gasteiger partial charge >= 0.3 is 0 Å². The summed E-state index contributed by atoms with van der Waals surface area (Å²) in [6.45, 7) is 13.7. The van der Waals surface area contributed by atoms with Crippen molar-refractivity contribution in [2.75, 3.05) is 42.9 Å². The number of hydrogen-bond acceptors (Lipinski definition) is 8. The largest absolute Gasteiger partial charge is 0.368 e. The van der Waals surface area contributed by atoms with E-state index in [0.29, 0.717) is 17.7 Å². The summed E-state index contributed by atoms with van der Waals surface area (Å²) in [5.74, 6) is 0.830. The summed E-state index contributed by atoms with van der Waals surface area (Å²) in [6, 6.07) is 6.00. The highest BCUT2D eigenvalue weighted by Crippen LogP contribution is 2.40. The minimum Gasteiger partial charge on any atom is -0.368 e. The van der Waals surface area contributed by atoms with Crippen molar-refractivity contribution >= 4 is 39.0 Å². The maximum atomic E-state index is 14.9. The molecule has 1 aliphatic rings. The molecular formula is C26H30FN7S. The lowest BCUT2D eigenvalue weighted by atomic mass is 10.0. The first-order chi connectivity index (χ1) is 16.9. The van der Waals surface area contributed by atoms with Gasteiger partial charge in [-0.05, 0) is 48.7 Å². The molecule has 1 fully saturated rings. The molecule has 1 aliphatic heterocycles. The highest BCUT2D eigenvalue weighted by atomic mass is 32.1. The van der Waals surface area contributed by atoms with Crippen molar-refractivity contribution in [1.29, 1.82) is 0 Å². The van der Waals surface area contributed by atoms with Crippen molar-refractivity contribution in [2.24, 2.45) is 0 Å². The van der Waals surface area contributed by atoms with Crippen LogP contribution in [0.15, 0.2) is 36.8 Å². The van der Waals surface area contributed by atoms with E-state index >= 15 is 0 Å². The molecule has 0 amide bonds. The van der Waals surface area contributed by atoms with Gasteiger partial charge in [-0.2, -0.15) is 0 Å². The van der Waals surface area contributed by atoms with E-state index in [1.807, 2.05) is 31.5 Å². The Morgan fingerprint density at radius 1 is 1.06 bits per heavy atom. The third-order valence-corrected chi connectivity index (χ3v) is 7.93.